The zero-order valence-electron chi connectivity index (χ0n) is 16.0. The molecule has 2 aromatic rings. The van der Waals surface area contributed by atoms with Gasteiger partial charge in [-0.25, -0.2) is 4.39 Å². The largest absolute Gasteiger partial charge is 0.393 e. The van der Waals surface area contributed by atoms with E-state index >= 15 is 0 Å². The lowest BCUT2D eigenvalue weighted by atomic mass is 9.77. The lowest BCUT2D eigenvalue weighted by molar-refractivity contribution is 0.0253. The van der Waals surface area contributed by atoms with Gasteiger partial charge < -0.3 is 5.11 Å². The Hall–Kier alpha value is -1.78. The standard InChI is InChI=1S/C22H29FN2O/c1-17(26)22(12-11-18-7-9-19(23)10-8-18)13-15-25(16-22)21(2,3)20-6-4-5-14-24-20/h4-10,14,17,26H,11-13,15-16H2,1-3H3/t17?,22-/m1/s1. The highest BCUT2D eigenvalue weighted by atomic mass is 19.1. The van der Waals surface area contributed by atoms with Gasteiger partial charge in [0.2, 0.25) is 0 Å². The van der Waals surface area contributed by atoms with E-state index in [1.165, 1.54) is 12.1 Å². The summed E-state index contributed by atoms with van der Waals surface area (Å²) in [6.07, 6.45) is 4.16. The van der Waals surface area contributed by atoms with Crippen molar-refractivity contribution in [2.45, 2.75) is 51.7 Å². The molecule has 0 bridgehead atoms. The Morgan fingerprint density at radius 1 is 1.23 bits per heavy atom. The van der Waals surface area contributed by atoms with Crippen LogP contribution in [-0.2, 0) is 12.0 Å². The number of hydrogen-bond acceptors (Lipinski definition) is 3. The van der Waals surface area contributed by atoms with Gasteiger partial charge in [0.25, 0.3) is 0 Å². The summed E-state index contributed by atoms with van der Waals surface area (Å²) in [6, 6.07) is 12.7. The Morgan fingerprint density at radius 2 is 1.96 bits per heavy atom. The van der Waals surface area contributed by atoms with Gasteiger partial charge in [-0.05, 0) is 76.4 Å². The molecular formula is C22H29FN2O. The monoisotopic (exact) mass is 356 g/mol. The molecule has 1 aliphatic heterocycles. The van der Waals surface area contributed by atoms with Gasteiger partial charge in [0.1, 0.15) is 5.82 Å². The molecule has 0 radical (unpaired) electrons. The highest BCUT2D eigenvalue weighted by Crippen LogP contribution is 2.43. The number of aryl methyl sites for hydroxylation is 1. The van der Waals surface area contributed by atoms with Gasteiger partial charge >= 0.3 is 0 Å². The van der Waals surface area contributed by atoms with Gasteiger partial charge in [0.05, 0.1) is 17.3 Å². The van der Waals surface area contributed by atoms with Crippen LogP contribution in [0.4, 0.5) is 4.39 Å². The zero-order chi connectivity index (χ0) is 18.8. The second-order valence-corrected chi connectivity index (χ2v) is 8.11. The van der Waals surface area contributed by atoms with Crippen molar-refractivity contribution in [2.75, 3.05) is 13.1 Å². The Labute approximate surface area is 155 Å². The van der Waals surface area contributed by atoms with E-state index in [4.69, 9.17) is 0 Å². The fourth-order valence-electron chi connectivity index (χ4n) is 4.06. The van der Waals surface area contributed by atoms with Crippen molar-refractivity contribution in [3.63, 3.8) is 0 Å². The maximum absolute atomic E-state index is 13.1. The van der Waals surface area contributed by atoms with Crippen molar-refractivity contribution in [3.8, 4) is 0 Å². The molecule has 1 N–H and O–H groups in total. The van der Waals surface area contributed by atoms with Gasteiger partial charge in [-0.15, -0.1) is 0 Å². The summed E-state index contributed by atoms with van der Waals surface area (Å²) in [7, 11) is 0. The normalized spacial score (nSPS) is 22.5. The number of rotatable bonds is 6. The number of benzene rings is 1. The lowest BCUT2D eigenvalue weighted by Crippen LogP contribution is -2.44. The van der Waals surface area contributed by atoms with Crippen molar-refractivity contribution in [3.05, 3.63) is 65.7 Å². The summed E-state index contributed by atoms with van der Waals surface area (Å²) in [6.45, 7) is 8.09. The summed E-state index contributed by atoms with van der Waals surface area (Å²) in [5.41, 5.74) is 1.86. The van der Waals surface area contributed by atoms with E-state index in [1.807, 2.05) is 37.4 Å². The van der Waals surface area contributed by atoms with E-state index in [0.29, 0.717) is 0 Å². The van der Waals surface area contributed by atoms with Crippen LogP contribution in [0.3, 0.4) is 0 Å². The Morgan fingerprint density at radius 3 is 2.58 bits per heavy atom. The lowest BCUT2D eigenvalue weighted by Gasteiger charge is -2.38. The van der Waals surface area contributed by atoms with E-state index < -0.39 is 0 Å². The molecule has 3 nitrogen and oxygen atoms in total. The number of likely N-dealkylation sites (tertiary alicyclic amines) is 1. The molecule has 1 aromatic carbocycles. The molecule has 1 unspecified atom stereocenters. The Bertz CT molecular complexity index is 715. The molecule has 26 heavy (non-hydrogen) atoms. The molecule has 1 aromatic heterocycles. The van der Waals surface area contributed by atoms with Crippen molar-refractivity contribution >= 4 is 0 Å². The average molecular weight is 356 g/mol. The van der Waals surface area contributed by atoms with E-state index in [2.05, 4.69) is 29.8 Å². The van der Waals surface area contributed by atoms with Crippen LogP contribution in [0.2, 0.25) is 0 Å². The summed E-state index contributed by atoms with van der Waals surface area (Å²) in [4.78, 5) is 6.99. The minimum absolute atomic E-state index is 0.138. The molecule has 2 heterocycles. The smallest absolute Gasteiger partial charge is 0.123 e. The summed E-state index contributed by atoms with van der Waals surface area (Å²) >= 11 is 0. The molecule has 0 saturated carbocycles. The molecule has 0 amide bonds. The fourth-order valence-corrected chi connectivity index (χ4v) is 4.06. The second kappa shape index (κ2) is 7.45. The van der Waals surface area contributed by atoms with Crippen LogP contribution < -0.4 is 0 Å². The number of pyridine rings is 1. The molecule has 0 aliphatic carbocycles. The minimum atomic E-state index is -0.382. The summed E-state index contributed by atoms with van der Waals surface area (Å²) < 4.78 is 13.1. The number of halogens is 1. The van der Waals surface area contributed by atoms with Crippen LogP contribution in [0.15, 0.2) is 48.7 Å². The Balaban J connectivity index is 1.74. The van der Waals surface area contributed by atoms with E-state index in [1.54, 1.807) is 0 Å². The zero-order valence-corrected chi connectivity index (χ0v) is 16.0. The number of nitrogens with zero attached hydrogens (tertiary/aromatic N) is 2. The molecule has 4 heteroatoms. The fraction of sp³-hybridized carbons (Fsp3) is 0.500. The average Bonchev–Trinajstić information content (AvgIpc) is 3.09. The topological polar surface area (TPSA) is 36.4 Å². The van der Waals surface area contributed by atoms with E-state index in [0.717, 1.165) is 43.6 Å². The Kier molecular flexibility index (Phi) is 5.44. The third-order valence-corrected chi connectivity index (χ3v) is 6.18. The van der Waals surface area contributed by atoms with Gasteiger partial charge in [-0.1, -0.05) is 18.2 Å². The number of aliphatic hydroxyl groups excluding tert-OH is 1. The second-order valence-electron chi connectivity index (χ2n) is 8.11. The minimum Gasteiger partial charge on any atom is -0.393 e. The van der Waals surface area contributed by atoms with Crippen molar-refractivity contribution in [2.24, 2.45) is 5.41 Å². The van der Waals surface area contributed by atoms with E-state index in [-0.39, 0.29) is 22.9 Å². The molecule has 1 aliphatic rings. The predicted molar refractivity (Wildman–Crippen MR) is 102 cm³/mol. The van der Waals surface area contributed by atoms with Crippen molar-refractivity contribution < 1.29 is 9.50 Å². The summed E-state index contributed by atoms with van der Waals surface area (Å²) in [5.74, 6) is -0.205. The number of aliphatic hydroxyl groups is 1. The molecule has 140 valence electrons. The van der Waals surface area contributed by atoms with Gasteiger partial charge in [0, 0.05) is 18.2 Å². The first kappa shape index (κ1) is 19.0. The first-order chi connectivity index (χ1) is 12.3. The molecule has 2 atom stereocenters. The van der Waals surface area contributed by atoms with Crippen LogP contribution in [0.25, 0.3) is 0 Å². The molecular weight excluding hydrogens is 327 g/mol. The SMILES string of the molecule is CC(O)[C@]1(CCc2ccc(F)cc2)CCN(C(C)(C)c2ccccn2)C1. The van der Waals surface area contributed by atoms with Crippen LogP contribution in [0, 0.1) is 11.2 Å². The first-order valence-corrected chi connectivity index (χ1v) is 9.43. The highest BCUT2D eigenvalue weighted by Gasteiger charge is 2.46. The van der Waals surface area contributed by atoms with Gasteiger partial charge in [-0.3, -0.25) is 9.88 Å². The quantitative estimate of drug-likeness (QED) is 0.844. The third-order valence-electron chi connectivity index (χ3n) is 6.18. The van der Waals surface area contributed by atoms with Crippen molar-refractivity contribution in [1.29, 1.82) is 0 Å². The molecule has 3 rings (SSSR count). The van der Waals surface area contributed by atoms with Crippen LogP contribution in [-0.4, -0.2) is 34.2 Å². The van der Waals surface area contributed by atoms with E-state index in [9.17, 15) is 9.50 Å². The predicted octanol–water partition coefficient (Wildman–Crippen LogP) is 4.16. The van der Waals surface area contributed by atoms with Crippen molar-refractivity contribution in [1.82, 2.24) is 9.88 Å². The molecule has 0 spiro atoms. The van der Waals surface area contributed by atoms with Crippen LogP contribution in [0.5, 0.6) is 0 Å². The molecule has 1 fully saturated rings. The third kappa shape index (κ3) is 3.81. The van der Waals surface area contributed by atoms with Crippen LogP contribution in [0.1, 0.15) is 44.9 Å². The highest BCUT2D eigenvalue weighted by molar-refractivity contribution is 5.18. The maximum Gasteiger partial charge on any atom is 0.123 e. The summed E-state index contributed by atoms with van der Waals surface area (Å²) in [5, 5.41) is 10.6. The maximum atomic E-state index is 13.1. The number of hydrogen-bond donors (Lipinski definition) is 1. The van der Waals surface area contributed by atoms with Gasteiger partial charge in [-0.2, -0.15) is 0 Å². The number of aromatic nitrogens is 1. The van der Waals surface area contributed by atoms with Crippen LogP contribution >= 0.6 is 0 Å². The van der Waals surface area contributed by atoms with Gasteiger partial charge in [0.15, 0.2) is 0 Å². The molecule has 1 saturated heterocycles. The first-order valence-electron chi connectivity index (χ1n) is 9.43.